The SMILES string of the molecule is CNC(=O)[C@@H](CS)NC(=O)[C@H](CS)NC. The second-order valence-corrected chi connectivity index (χ2v) is 3.61. The van der Waals surface area contributed by atoms with Crippen LogP contribution in [0.2, 0.25) is 0 Å². The van der Waals surface area contributed by atoms with Crippen molar-refractivity contribution in [3.8, 4) is 0 Å². The zero-order valence-electron chi connectivity index (χ0n) is 8.78. The van der Waals surface area contributed by atoms with Crippen LogP contribution in [0.1, 0.15) is 0 Å². The zero-order valence-corrected chi connectivity index (χ0v) is 10.6. The Balaban J connectivity index is 4.29. The molecule has 0 bridgehead atoms. The average molecular weight is 251 g/mol. The molecule has 0 rings (SSSR count). The highest BCUT2D eigenvalue weighted by Crippen LogP contribution is 1.92. The zero-order chi connectivity index (χ0) is 11.8. The van der Waals surface area contributed by atoms with Crippen LogP contribution in [0.15, 0.2) is 0 Å². The van der Waals surface area contributed by atoms with Gasteiger partial charge in [-0.3, -0.25) is 9.59 Å². The van der Waals surface area contributed by atoms with E-state index in [1.54, 1.807) is 7.05 Å². The fraction of sp³-hybridized carbons (Fsp3) is 0.750. The average Bonchev–Trinajstić information content (AvgIpc) is 2.26. The first-order valence-electron chi connectivity index (χ1n) is 4.51. The maximum absolute atomic E-state index is 11.6. The topological polar surface area (TPSA) is 70.2 Å². The van der Waals surface area contributed by atoms with Crippen molar-refractivity contribution in [3.63, 3.8) is 0 Å². The molecule has 5 nitrogen and oxygen atoms in total. The Morgan fingerprint density at radius 1 is 1.07 bits per heavy atom. The van der Waals surface area contributed by atoms with E-state index in [9.17, 15) is 9.59 Å². The van der Waals surface area contributed by atoms with E-state index in [1.165, 1.54) is 7.05 Å². The van der Waals surface area contributed by atoms with Crippen LogP contribution >= 0.6 is 25.3 Å². The highest BCUT2D eigenvalue weighted by molar-refractivity contribution is 7.80. The summed E-state index contributed by atoms with van der Waals surface area (Å²) in [5.74, 6) is 0.117. The molecule has 0 saturated heterocycles. The maximum atomic E-state index is 11.6. The van der Waals surface area contributed by atoms with Gasteiger partial charge in [-0.1, -0.05) is 0 Å². The second kappa shape index (κ2) is 7.84. The molecule has 0 aliphatic heterocycles. The largest absolute Gasteiger partial charge is 0.357 e. The summed E-state index contributed by atoms with van der Waals surface area (Å²) in [6, 6.07) is -1.01. The van der Waals surface area contributed by atoms with Crippen LogP contribution in [0.4, 0.5) is 0 Å². The molecule has 0 aromatic heterocycles. The van der Waals surface area contributed by atoms with Crippen molar-refractivity contribution in [2.24, 2.45) is 0 Å². The van der Waals surface area contributed by atoms with Crippen LogP contribution in [0, 0.1) is 0 Å². The molecule has 0 aromatic carbocycles. The highest BCUT2D eigenvalue weighted by atomic mass is 32.1. The Labute approximate surface area is 101 Å². The molecule has 0 fully saturated rings. The number of carbonyl (C=O) groups is 2. The van der Waals surface area contributed by atoms with Crippen molar-refractivity contribution < 1.29 is 9.59 Å². The van der Waals surface area contributed by atoms with E-state index < -0.39 is 12.1 Å². The van der Waals surface area contributed by atoms with Crippen LogP contribution in [-0.4, -0.2) is 49.5 Å². The number of thiol groups is 2. The summed E-state index contributed by atoms with van der Waals surface area (Å²) in [4.78, 5) is 22.8. The number of nitrogens with one attached hydrogen (secondary N) is 3. The molecule has 88 valence electrons. The van der Waals surface area contributed by atoms with Crippen molar-refractivity contribution in [2.45, 2.75) is 12.1 Å². The van der Waals surface area contributed by atoms with E-state index in [-0.39, 0.29) is 17.6 Å². The Bertz CT molecular complexity index is 222. The normalized spacial score (nSPS) is 14.1. The van der Waals surface area contributed by atoms with E-state index in [2.05, 4.69) is 41.2 Å². The molecule has 2 atom stereocenters. The van der Waals surface area contributed by atoms with Gasteiger partial charge >= 0.3 is 0 Å². The number of rotatable bonds is 6. The van der Waals surface area contributed by atoms with Crippen LogP contribution in [-0.2, 0) is 9.59 Å². The number of hydrogen-bond acceptors (Lipinski definition) is 5. The third kappa shape index (κ3) is 4.76. The third-order valence-electron chi connectivity index (χ3n) is 1.91. The molecule has 0 saturated carbocycles. The van der Waals surface area contributed by atoms with E-state index in [0.29, 0.717) is 5.75 Å². The third-order valence-corrected chi connectivity index (χ3v) is 2.64. The highest BCUT2D eigenvalue weighted by Gasteiger charge is 2.21. The lowest BCUT2D eigenvalue weighted by Gasteiger charge is -2.19. The minimum absolute atomic E-state index is 0.254. The van der Waals surface area contributed by atoms with Crippen molar-refractivity contribution in [3.05, 3.63) is 0 Å². The van der Waals surface area contributed by atoms with E-state index in [4.69, 9.17) is 0 Å². The molecule has 7 heteroatoms. The summed E-state index contributed by atoms with van der Waals surface area (Å²) in [7, 11) is 3.18. The van der Waals surface area contributed by atoms with Gasteiger partial charge in [-0.05, 0) is 7.05 Å². The lowest BCUT2D eigenvalue weighted by Crippen LogP contribution is -2.53. The molecule has 0 aliphatic rings. The summed E-state index contributed by atoms with van der Waals surface area (Å²) in [5.41, 5.74) is 0. The van der Waals surface area contributed by atoms with Gasteiger partial charge in [0.25, 0.3) is 0 Å². The van der Waals surface area contributed by atoms with E-state index in [1.807, 2.05) is 0 Å². The van der Waals surface area contributed by atoms with E-state index in [0.717, 1.165) is 0 Å². The summed E-state index contributed by atoms with van der Waals surface area (Å²) in [6.45, 7) is 0. The van der Waals surface area contributed by atoms with Gasteiger partial charge in [-0.2, -0.15) is 25.3 Å². The minimum atomic E-state index is -0.610. The Hall–Kier alpha value is -0.400. The molecule has 0 radical (unpaired) electrons. The van der Waals surface area contributed by atoms with Crippen LogP contribution in [0.3, 0.4) is 0 Å². The van der Waals surface area contributed by atoms with Crippen molar-refractivity contribution in [1.29, 1.82) is 0 Å². The standard InChI is InChI=1S/C8H17N3O2S2/c1-9-5(3-14)8(13)11-6(4-15)7(12)10-2/h5-6,9,14-15H,3-4H2,1-2H3,(H,10,12)(H,11,13)/t5-,6+/m0/s1. The van der Waals surface area contributed by atoms with Crippen LogP contribution < -0.4 is 16.0 Å². The van der Waals surface area contributed by atoms with Crippen molar-refractivity contribution in [1.82, 2.24) is 16.0 Å². The monoisotopic (exact) mass is 251 g/mol. The molecule has 3 N–H and O–H groups in total. The summed E-state index contributed by atoms with van der Waals surface area (Å²) < 4.78 is 0. The lowest BCUT2D eigenvalue weighted by atomic mass is 10.2. The smallest absolute Gasteiger partial charge is 0.243 e. The van der Waals surface area contributed by atoms with Crippen LogP contribution in [0.5, 0.6) is 0 Å². The predicted molar refractivity (Wildman–Crippen MR) is 66.6 cm³/mol. The molecular weight excluding hydrogens is 234 g/mol. The van der Waals surface area contributed by atoms with Gasteiger partial charge in [0.1, 0.15) is 6.04 Å². The van der Waals surface area contributed by atoms with Gasteiger partial charge in [-0.15, -0.1) is 0 Å². The molecule has 0 aliphatic carbocycles. The minimum Gasteiger partial charge on any atom is -0.357 e. The molecule has 0 unspecified atom stereocenters. The summed E-state index contributed by atoms with van der Waals surface area (Å²) >= 11 is 8.01. The first-order valence-corrected chi connectivity index (χ1v) is 5.78. The molecule has 0 aromatic rings. The van der Waals surface area contributed by atoms with Crippen molar-refractivity contribution in [2.75, 3.05) is 25.6 Å². The summed E-state index contributed by atoms with van der Waals surface area (Å²) in [6.07, 6.45) is 0. The van der Waals surface area contributed by atoms with Gasteiger partial charge in [0.2, 0.25) is 11.8 Å². The molecular formula is C8H17N3O2S2. The van der Waals surface area contributed by atoms with Gasteiger partial charge in [0, 0.05) is 18.6 Å². The quantitative estimate of drug-likeness (QED) is 0.380. The Morgan fingerprint density at radius 2 is 1.60 bits per heavy atom. The predicted octanol–water partition coefficient (Wildman–Crippen LogP) is -1.34. The van der Waals surface area contributed by atoms with Gasteiger partial charge in [0.05, 0.1) is 6.04 Å². The van der Waals surface area contributed by atoms with Gasteiger partial charge < -0.3 is 16.0 Å². The fourth-order valence-corrected chi connectivity index (χ4v) is 1.55. The number of likely N-dealkylation sites (N-methyl/N-ethyl adjacent to an activating group) is 2. The lowest BCUT2D eigenvalue weighted by molar-refractivity contribution is -0.128. The van der Waals surface area contributed by atoms with E-state index >= 15 is 0 Å². The molecule has 0 heterocycles. The number of hydrogen-bond donors (Lipinski definition) is 5. The molecule has 0 spiro atoms. The van der Waals surface area contributed by atoms with Gasteiger partial charge in [0.15, 0.2) is 0 Å². The summed E-state index contributed by atoms with van der Waals surface area (Å²) in [5, 5.41) is 7.83. The maximum Gasteiger partial charge on any atom is 0.243 e. The Kier molecular flexibility index (Phi) is 7.63. The number of amides is 2. The fourth-order valence-electron chi connectivity index (χ4n) is 0.946. The second-order valence-electron chi connectivity index (χ2n) is 2.88. The first kappa shape index (κ1) is 14.6. The Morgan fingerprint density at radius 3 is 1.93 bits per heavy atom. The van der Waals surface area contributed by atoms with Gasteiger partial charge in [-0.25, -0.2) is 0 Å². The molecule has 15 heavy (non-hydrogen) atoms. The first-order chi connectivity index (χ1) is 7.10. The molecule has 2 amide bonds. The van der Waals surface area contributed by atoms with Crippen LogP contribution in [0.25, 0.3) is 0 Å². The van der Waals surface area contributed by atoms with Crippen molar-refractivity contribution >= 4 is 37.1 Å². The number of carbonyl (C=O) groups excluding carboxylic acids is 2.